The van der Waals surface area contributed by atoms with Crippen LogP contribution in [0.25, 0.3) is 0 Å². The van der Waals surface area contributed by atoms with Crippen molar-refractivity contribution in [3.63, 3.8) is 0 Å². The van der Waals surface area contributed by atoms with Crippen LogP contribution in [-0.4, -0.2) is 34.7 Å². The number of rotatable bonds is 8. The molecule has 10 nitrogen and oxygen atoms in total. The van der Waals surface area contributed by atoms with Gasteiger partial charge < -0.3 is 9.88 Å². The Kier molecular flexibility index (Phi) is 8.69. The third kappa shape index (κ3) is 7.06. The van der Waals surface area contributed by atoms with Gasteiger partial charge in [0, 0.05) is 34.7 Å². The number of nitro groups is 1. The van der Waals surface area contributed by atoms with Crippen LogP contribution in [0.2, 0.25) is 0 Å². The largest absolute Gasteiger partial charge is 0.416 e. The zero-order valence-corrected chi connectivity index (χ0v) is 24.0. The first-order valence-electron chi connectivity index (χ1n) is 12.2. The van der Waals surface area contributed by atoms with Crippen molar-refractivity contribution in [2.75, 3.05) is 11.2 Å². The Balaban J connectivity index is 1.80. The number of carbonyl (C=O) groups is 1. The molecule has 224 valence electrons. The van der Waals surface area contributed by atoms with Crippen LogP contribution in [0.4, 0.5) is 24.5 Å². The molecule has 1 heterocycles. The second kappa shape index (κ2) is 11.9. The van der Waals surface area contributed by atoms with Gasteiger partial charge in [-0.1, -0.05) is 18.2 Å². The average molecular weight is 634 g/mol. The number of sulfone groups is 1. The van der Waals surface area contributed by atoms with Crippen LogP contribution in [0.1, 0.15) is 27.2 Å². The van der Waals surface area contributed by atoms with Gasteiger partial charge in [0.1, 0.15) is 5.56 Å². The first-order valence-corrected chi connectivity index (χ1v) is 15.3. The number of benzene rings is 3. The molecule has 0 bridgehead atoms. The number of alkyl halides is 3. The van der Waals surface area contributed by atoms with E-state index in [4.69, 9.17) is 0 Å². The van der Waals surface area contributed by atoms with Crippen molar-refractivity contribution < 1.29 is 35.5 Å². The highest BCUT2D eigenvalue weighted by Gasteiger charge is 2.32. The number of H-pyrrole nitrogens is 1. The number of carbonyl (C=O) groups excluding carboxylic acids is 1. The summed E-state index contributed by atoms with van der Waals surface area (Å²) in [4.78, 5) is 40.6. The van der Waals surface area contributed by atoms with E-state index >= 15 is 0 Å². The van der Waals surface area contributed by atoms with Gasteiger partial charge in [-0.2, -0.15) is 13.2 Å². The molecular weight excluding hydrogens is 611 g/mol. The third-order valence-electron chi connectivity index (χ3n) is 6.30. The molecule has 0 aliphatic rings. The molecular formula is C28H22F3N3O7S2. The number of hydrogen-bond donors (Lipinski definition) is 1. The van der Waals surface area contributed by atoms with Gasteiger partial charge in [-0.15, -0.1) is 0 Å². The standard InChI is InChI=1S/C28H22F3N3O7S2/c1-17-25(42(39)22-10-8-20(9-11-22)34(37)38)15-24(26(35)32-17)27(36)33(21-5-3-4-19(14-21)28(29,30)31)16-18-6-12-23(13-7-18)43(2,40)41/h3-15H,16H2,1-2H3,(H,32,35). The highest BCUT2D eigenvalue weighted by Crippen LogP contribution is 2.33. The number of aryl methyl sites for hydroxylation is 1. The van der Waals surface area contributed by atoms with Crippen LogP contribution >= 0.6 is 0 Å². The van der Waals surface area contributed by atoms with E-state index in [0.29, 0.717) is 5.56 Å². The molecule has 0 spiro atoms. The molecule has 0 fully saturated rings. The molecule has 1 atom stereocenters. The van der Waals surface area contributed by atoms with Gasteiger partial charge in [-0.3, -0.25) is 19.7 Å². The Bertz CT molecular complexity index is 1910. The van der Waals surface area contributed by atoms with Gasteiger partial charge in [0.15, 0.2) is 9.84 Å². The molecule has 1 N–H and O–H groups in total. The quantitative estimate of drug-likeness (QED) is 0.212. The lowest BCUT2D eigenvalue weighted by Crippen LogP contribution is -2.35. The number of amides is 1. The number of hydrogen-bond acceptors (Lipinski definition) is 7. The van der Waals surface area contributed by atoms with Gasteiger partial charge in [0.25, 0.3) is 17.2 Å². The van der Waals surface area contributed by atoms with Crippen LogP contribution in [-0.2, 0) is 33.4 Å². The molecule has 0 aliphatic heterocycles. The van der Waals surface area contributed by atoms with Crippen molar-refractivity contribution in [1.82, 2.24) is 4.98 Å². The average Bonchev–Trinajstić information content (AvgIpc) is 2.95. The van der Waals surface area contributed by atoms with Gasteiger partial charge >= 0.3 is 6.18 Å². The lowest BCUT2D eigenvalue weighted by atomic mass is 10.1. The number of halogens is 3. The SMILES string of the molecule is Cc1[nH]c(=O)c(C(=O)N(Cc2ccc(S(C)(=O)=O)cc2)c2cccc(C(F)(F)F)c2)cc1S(=O)c1ccc([N+](=O)[O-])cc1. The summed E-state index contributed by atoms with van der Waals surface area (Å²) in [5.74, 6) is -1.02. The summed E-state index contributed by atoms with van der Waals surface area (Å²) in [6.07, 6.45) is -3.74. The van der Waals surface area contributed by atoms with E-state index in [2.05, 4.69) is 4.98 Å². The van der Waals surface area contributed by atoms with E-state index in [1.807, 2.05) is 0 Å². The second-order valence-electron chi connectivity index (χ2n) is 9.38. The van der Waals surface area contributed by atoms with E-state index in [-0.39, 0.29) is 38.3 Å². The maximum atomic E-state index is 13.9. The van der Waals surface area contributed by atoms with Crippen LogP contribution < -0.4 is 10.5 Å². The van der Waals surface area contributed by atoms with Crippen molar-refractivity contribution in [2.45, 2.75) is 34.3 Å². The number of anilines is 1. The first-order chi connectivity index (χ1) is 20.1. The van der Waals surface area contributed by atoms with Crippen LogP contribution in [0.15, 0.2) is 98.3 Å². The lowest BCUT2D eigenvalue weighted by Gasteiger charge is -2.24. The maximum absolute atomic E-state index is 13.9. The minimum Gasteiger partial charge on any atom is -0.325 e. The topological polar surface area (TPSA) is 148 Å². The Morgan fingerprint density at radius 2 is 1.65 bits per heavy atom. The summed E-state index contributed by atoms with van der Waals surface area (Å²) in [5, 5.41) is 11.0. The number of nitro benzene ring substituents is 1. The van der Waals surface area contributed by atoms with Crippen molar-refractivity contribution in [2.24, 2.45) is 0 Å². The fourth-order valence-electron chi connectivity index (χ4n) is 4.07. The summed E-state index contributed by atoms with van der Waals surface area (Å²) in [6, 6.07) is 15.1. The minimum atomic E-state index is -4.74. The first kappa shape index (κ1) is 31.3. The molecule has 15 heteroatoms. The van der Waals surface area contributed by atoms with E-state index in [9.17, 15) is 45.5 Å². The zero-order chi connectivity index (χ0) is 31.7. The van der Waals surface area contributed by atoms with Gasteiger partial charge in [-0.25, -0.2) is 12.6 Å². The maximum Gasteiger partial charge on any atom is 0.416 e. The smallest absolute Gasteiger partial charge is 0.325 e. The fourth-order valence-corrected chi connectivity index (χ4v) is 5.90. The van der Waals surface area contributed by atoms with Crippen LogP contribution in [0.3, 0.4) is 0 Å². The number of aromatic amines is 1. The predicted molar refractivity (Wildman–Crippen MR) is 151 cm³/mol. The van der Waals surface area contributed by atoms with E-state index < -0.39 is 54.3 Å². The van der Waals surface area contributed by atoms with Crippen molar-refractivity contribution >= 4 is 37.9 Å². The van der Waals surface area contributed by atoms with Crippen molar-refractivity contribution in [1.29, 1.82) is 0 Å². The van der Waals surface area contributed by atoms with Crippen LogP contribution in [0.5, 0.6) is 0 Å². The van der Waals surface area contributed by atoms with Crippen molar-refractivity contribution in [3.05, 3.63) is 122 Å². The lowest BCUT2D eigenvalue weighted by molar-refractivity contribution is -0.384. The van der Waals surface area contributed by atoms with E-state index in [1.165, 1.54) is 49.4 Å². The summed E-state index contributed by atoms with van der Waals surface area (Å²) < 4.78 is 77.7. The monoisotopic (exact) mass is 633 g/mol. The molecule has 1 aromatic heterocycles. The number of nitrogens with zero attached hydrogens (tertiary/aromatic N) is 2. The van der Waals surface area contributed by atoms with Crippen molar-refractivity contribution in [3.8, 4) is 0 Å². The Hall–Kier alpha value is -4.63. The third-order valence-corrected chi connectivity index (χ3v) is 8.96. The molecule has 0 radical (unpaired) electrons. The summed E-state index contributed by atoms with van der Waals surface area (Å²) in [7, 11) is -5.55. The molecule has 1 unspecified atom stereocenters. The van der Waals surface area contributed by atoms with Gasteiger partial charge in [0.2, 0.25) is 0 Å². The fraction of sp³-hybridized carbons (Fsp3) is 0.143. The highest BCUT2D eigenvalue weighted by atomic mass is 32.2. The number of nitrogens with one attached hydrogen (secondary N) is 1. The molecule has 1 amide bonds. The number of pyridine rings is 1. The van der Waals surface area contributed by atoms with Crippen LogP contribution in [0, 0.1) is 17.0 Å². The molecule has 4 rings (SSSR count). The Morgan fingerprint density at radius 1 is 1.02 bits per heavy atom. The zero-order valence-electron chi connectivity index (χ0n) is 22.4. The van der Waals surface area contributed by atoms with E-state index in [0.717, 1.165) is 47.6 Å². The highest BCUT2D eigenvalue weighted by molar-refractivity contribution is 7.90. The summed E-state index contributed by atoms with van der Waals surface area (Å²) in [5.41, 5.74) is -2.43. The van der Waals surface area contributed by atoms with Gasteiger partial charge in [0.05, 0.1) is 37.6 Å². The number of non-ortho nitro benzene ring substituents is 1. The Morgan fingerprint density at radius 3 is 2.21 bits per heavy atom. The van der Waals surface area contributed by atoms with Gasteiger partial charge in [-0.05, 0) is 61.0 Å². The normalized spacial score (nSPS) is 12.5. The minimum absolute atomic E-state index is 0.00157. The molecule has 3 aromatic carbocycles. The molecule has 0 saturated heterocycles. The molecule has 4 aromatic rings. The molecule has 0 saturated carbocycles. The second-order valence-corrected chi connectivity index (χ2v) is 12.8. The summed E-state index contributed by atoms with van der Waals surface area (Å²) >= 11 is 0. The van der Waals surface area contributed by atoms with E-state index in [1.54, 1.807) is 0 Å². The molecule has 43 heavy (non-hydrogen) atoms. The summed E-state index contributed by atoms with van der Waals surface area (Å²) in [6.45, 7) is 1.08. The predicted octanol–water partition coefficient (Wildman–Crippen LogP) is 5.03. The Labute approximate surface area is 245 Å². The molecule has 0 aliphatic carbocycles. The number of aromatic nitrogens is 1.